The number of aromatic nitrogens is 1. The number of benzene rings is 2. The Morgan fingerprint density at radius 1 is 1.20 bits per heavy atom. The smallest absolute Gasteiger partial charge is 0.123 e. The van der Waals surface area contributed by atoms with Crippen LogP contribution in [0, 0.1) is 13.8 Å². The van der Waals surface area contributed by atoms with Crippen molar-refractivity contribution in [3.05, 3.63) is 52.5 Å². The molecular formula is C16H16N2OS. The number of aromatic hydroxyl groups is 1. The number of nitrogens with one attached hydrogen (secondary N) is 1. The molecule has 0 aliphatic heterocycles. The summed E-state index contributed by atoms with van der Waals surface area (Å²) in [5, 5.41) is 14.4. The lowest BCUT2D eigenvalue weighted by Crippen LogP contribution is -2.00. The maximum atomic E-state index is 10.0. The molecule has 0 saturated heterocycles. The summed E-state index contributed by atoms with van der Waals surface area (Å²) in [7, 11) is 0. The predicted molar refractivity (Wildman–Crippen MR) is 84.5 cm³/mol. The van der Waals surface area contributed by atoms with Crippen LogP contribution in [-0.4, -0.2) is 10.1 Å². The molecule has 3 rings (SSSR count). The Labute approximate surface area is 121 Å². The van der Waals surface area contributed by atoms with Crippen molar-refractivity contribution in [2.24, 2.45) is 0 Å². The summed E-state index contributed by atoms with van der Waals surface area (Å²) < 4.78 is 1.18. The molecule has 2 N–H and O–H groups in total. The van der Waals surface area contributed by atoms with Gasteiger partial charge in [-0.15, -0.1) is 11.3 Å². The van der Waals surface area contributed by atoms with E-state index in [0.29, 0.717) is 12.3 Å². The fraction of sp³-hybridized carbons (Fsp3) is 0.188. The molecule has 4 heteroatoms. The van der Waals surface area contributed by atoms with Crippen molar-refractivity contribution in [1.82, 2.24) is 4.98 Å². The molecule has 0 unspecified atom stereocenters. The van der Waals surface area contributed by atoms with Gasteiger partial charge in [0.05, 0.1) is 15.2 Å². The lowest BCUT2D eigenvalue weighted by Gasteiger charge is -2.09. The van der Waals surface area contributed by atoms with E-state index in [4.69, 9.17) is 0 Å². The number of thiazole rings is 1. The molecule has 0 saturated carbocycles. The minimum atomic E-state index is 0.370. The van der Waals surface area contributed by atoms with Crippen LogP contribution in [0.5, 0.6) is 5.75 Å². The SMILES string of the molecule is Cc1nc2ccc(NCc3cccc(C)c3O)cc2s1. The van der Waals surface area contributed by atoms with Gasteiger partial charge in [0, 0.05) is 17.8 Å². The quantitative estimate of drug-likeness (QED) is 0.756. The fourth-order valence-electron chi connectivity index (χ4n) is 2.21. The highest BCUT2D eigenvalue weighted by molar-refractivity contribution is 7.18. The van der Waals surface area contributed by atoms with E-state index < -0.39 is 0 Å². The second-order valence-electron chi connectivity index (χ2n) is 4.85. The van der Waals surface area contributed by atoms with Crippen LogP contribution in [0.2, 0.25) is 0 Å². The largest absolute Gasteiger partial charge is 0.507 e. The van der Waals surface area contributed by atoms with Gasteiger partial charge in [-0.1, -0.05) is 18.2 Å². The lowest BCUT2D eigenvalue weighted by atomic mass is 10.1. The normalized spacial score (nSPS) is 10.9. The number of nitrogens with zero attached hydrogens (tertiary/aromatic N) is 1. The zero-order valence-corrected chi connectivity index (χ0v) is 12.3. The lowest BCUT2D eigenvalue weighted by molar-refractivity contribution is 0.465. The van der Waals surface area contributed by atoms with Gasteiger partial charge in [-0.3, -0.25) is 0 Å². The van der Waals surface area contributed by atoms with Crippen LogP contribution in [0.15, 0.2) is 36.4 Å². The molecule has 3 aromatic rings. The average Bonchev–Trinajstić information content (AvgIpc) is 2.79. The molecule has 20 heavy (non-hydrogen) atoms. The van der Waals surface area contributed by atoms with E-state index in [1.165, 1.54) is 4.70 Å². The van der Waals surface area contributed by atoms with Crippen LogP contribution in [0.25, 0.3) is 10.2 Å². The van der Waals surface area contributed by atoms with Gasteiger partial charge in [-0.25, -0.2) is 4.98 Å². The molecule has 1 heterocycles. The molecule has 102 valence electrons. The van der Waals surface area contributed by atoms with Crippen LogP contribution in [-0.2, 0) is 6.54 Å². The Morgan fingerprint density at radius 2 is 2.05 bits per heavy atom. The topological polar surface area (TPSA) is 45.2 Å². The minimum Gasteiger partial charge on any atom is -0.507 e. The molecule has 0 aliphatic carbocycles. The average molecular weight is 284 g/mol. The number of hydrogen-bond donors (Lipinski definition) is 2. The van der Waals surface area contributed by atoms with Crippen molar-refractivity contribution in [2.45, 2.75) is 20.4 Å². The van der Waals surface area contributed by atoms with Crippen molar-refractivity contribution in [3.8, 4) is 5.75 Å². The summed E-state index contributed by atoms with van der Waals surface area (Å²) >= 11 is 1.69. The van der Waals surface area contributed by atoms with Gasteiger partial charge in [0.2, 0.25) is 0 Å². The first kappa shape index (κ1) is 12.9. The van der Waals surface area contributed by atoms with Gasteiger partial charge < -0.3 is 10.4 Å². The maximum absolute atomic E-state index is 10.0. The molecule has 3 nitrogen and oxygen atoms in total. The van der Waals surface area contributed by atoms with Crippen LogP contribution in [0.4, 0.5) is 5.69 Å². The van der Waals surface area contributed by atoms with E-state index in [9.17, 15) is 5.11 Å². The summed E-state index contributed by atoms with van der Waals surface area (Å²) in [5.41, 5.74) is 3.89. The van der Waals surface area contributed by atoms with Gasteiger partial charge in [-0.2, -0.15) is 0 Å². The van der Waals surface area contributed by atoms with Crippen molar-refractivity contribution < 1.29 is 5.11 Å². The molecule has 1 aromatic heterocycles. The van der Waals surface area contributed by atoms with Crippen molar-refractivity contribution in [2.75, 3.05) is 5.32 Å². The van der Waals surface area contributed by atoms with Crippen molar-refractivity contribution >= 4 is 27.2 Å². The zero-order chi connectivity index (χ0) is 14.1. The maximum Gasteiger partial charge on any atom is 0.123 e. The minimum absolute atomic E-state index is 0.370. The number of para-hydroxylation sites is 1. The van der Waals surface area contributed by atoms with Crippen molar-refractivity contribution in [3.63, 3.8) is 0 Å². The van der Waals surface area contributed by atoms with E-state index in [1.54, 1.807) is 11.3 Å². The summed E-state index contributed by atoms with van der Waals surface area (Å²) in [5.74, 6) is 0.370. The number of fused-ring (bicyclic) bond motifs is 1. The highest BCUT2D eigenvalue weighted by Crippen LogP contribution is 2.26. The summed E-state index contributed by atoms with van der Waals surface area (Å²) in [4.78, 5) is 4.45. The second-order valence-corrected chi connectivity index (χ2v) is 6.09. The molecule has 0 amide bonds. The number of anilines is 1. The monoisotopic (exact) mass is 284 g/mol. The molecule has 0 fully saturated rings. The highest BCUT2D eigenvalue weighted by atomic mass is 32.1. The highest BCUT2D eigenvalue weighted by Gasteiger charge is 2.05. The molecule has 2 aromatic carbocycles. The van der Waals surface area contributed by atoms with E-state index in [-0.39, 0.29) is 0 Å². The van der Waals surface area contributed by atoms with Crippen LogP contribution in [0.3, 0.4) is 0 Å². The van der Waals surface area contributed by atoms with E-state index in [0.717, 1.165) is 27.3 Å². The molecule has 0 atom stereocenters. The van der Waals surface area contributed by atoms with Crippen molar-refractivity contribution in [1.29, 1.82) is 0 Å². The van der Waals surface area contributed by atoms with Gasteiger partial charge in [0.15, 0.2) is 0 Å². The Balaban J connectivity index is 1.81. The first-order chi connectivity index (χ1) is 9.63. The first-order valence-corrected chi connectivity index (χ1v) is 7.33. The van der Waals surface area contributed by atoms with Crippen LogP contribution >= 0.6 is 11.3 Å². The van der Waals surface area contributed by atoms with Gasteiger partial charge in [-0.05, 0) is 37.6 Å². The zero-order valence-electron chi connectivity index (χ0n) is 11.5. The Morgan fingerprint density at radius 3 is 2.90 bits per heavy atom. The summed E-state index contributed by atoms with van der Waals surface area (Å²) in [6.45, 7) is 4.53. The third-order valence-electron chi connectivity index (χ3n) is 3.30. The van der Waals surface area contributed by atoms with E-state index in [1.807, 2.05) is 44.2 Å². The van der Waals surface area contributed by atoms with Crippen LogP contribution < -0.4 is 5.32 Å². The van der Waals surface area contributed by atoms with E-state index >= 15 is 0 Å². The van der Waals surface area contributed by atoms with Gasteiger partial charge in [0.25, 0.3) is 0 Å². The first-order valence-electron chi connectivity index (χ1n) is 6.52. The Kier molecular flexibility index (Phi) is 3.32. The molecule has 0 spiro atoms. The number of rotatable bonds is 3. The number of aryl methyl sites for hydroxylation is 2. The Hall–Kier alpha value is -2.07. The number of phenols is 1. The van der Waals surface area contributed by atoms with Gasteiger partial charge >= 0.3 is 0 Å². The second kappa shape index (κ2) is 5.13. The summed E-state index contributed by atoms with van der Waals surface area (Å²) in [6, 6.07) is 12.0. The molecule has 0 radical (unpaired) electrons. The third-order valence-corrected chi connectivity index (χ3v) is 4.23. The predicted octanol–water partition coefficient (Wildman–Crippen LogP) is 4.23. The summed E-state index contributed by atoms with van der Waals surface area (Å²) in [6.07, 6.45) is 0. The van der Waals surface area contributed by atoms with Crippen LogP contribution in [0.1, 0.15) is 16.1 Å². The molecule has 0 bridgehead atoms. The fourth-order valence-corrected chi connectivity index (χ4v) is 3.08. The number of hydrogen-bond acceptors (Lipinski definition) is 4. The molecule has 0 aliphatic rings. The Bertz CT molecular complexity index is 764. The third kappa shape index (κ3) is 2.47. The van der Waals surface area contributed by atoms with E-state index in [2.05, 4.69) is 16.4 Å². The standard InChI is InChI=1S/C16H16N2OS/c1-10-4-3-5-12(16(10)19)9-17-13-6-7-14-15(8-13)20-11(2)18-14/h3-8,17,19H,9H2,1-2H3. The molecular weight excluding hydrogens is 268 g/mol. The number of phenolic OH excluding ortho intramolecular Hbond substituents is 1. The van der Waals surface area contributed by atoms with Gasteiger partial charge in [0.1, 0.15) is 5.75 Å².